The number of hydrogen-bond acceptors (Lipinski definition) is 3. The summed E-state index contributed by atoms with van der Waals surface area (Å²) in [6.45, 7) is 1.53. The van der Waals surface area contributed by atoms with Crippen LogP contribution in [0, 0.1) is 5.92 Å². The molecule has 0 radical (unpaired) electrons. The van der Waals surface area contributed by atoms with Gasteiger partial charge in [0.25, 0.3) is 0 Å². The summed E-state index contributed by atoms with van der Waals surface area (Å²) in [4.78, 5) is 0. The Morgan fingerprint density at radius 2 is 1.82 bits per heavy atom. The predicted molar refractivity (Wildman–Crippen MR) is 41.1 cm³/mol. The Bertz CT molecular complexity index is 214. The molecule has 0 aromatic heterocycles. The maximum absolute atomic E-state index is 10.6. The van der Waals surface area contributed by atoms with Crippen LogP contribution in [0.4, 0.5) is 0 Å². The molecular weight excluding hydrogens is 164 g/mol. The van der Waals surface area contributed by atoms with Gasteiger partial charge in [-0.15, -0.1) is 0 Å². The van der Waals surface area contributed by atoms with Crippen molar-refractivity contribution in [3.8, 4) is 0 Å². The predicted octanol–water partition coefficient (Wildman–Crippen LogP) is 1.11. The van der Waals surface area contributed by atoms with E-state index in [0.717, 1.165) is 25.7 Å². The first kappa shape index (κ1) is 9.00. The van der Waals surface area contributed by atoms with E-state index in [2.05, 4.69) is 0 Å². The van der Waals surface area contributed by atoms with E-state index in [-0.39, 0.29) is 5.92 Å². The van der Waals surface area contributed by atoms with Gasteiger partial charge in [-0.25, -0.2) is 8.42 Å². The molecule has 0 aromatic rings. The normalized spacial score (nSPS) is 23.8. The van der Waals surface area contributed by atoms with E-state index in [1.54, 1.807) is 0 Å². The lowest BCUT2D eigenvalue weighted by atomic mass is 10.1. The molecule has 66 valence electrons. The summed E-state index contributed by atoms with van der Waals surface area (Å²) in [5, 5.41) is -0.676. The highest BCUT2D eigenvalue weighted by atomic mass is 32.2. The highest BCUT2D eigenvalue weighted by Crippen LogP contribution is 2.30. The molecule has 1 fully saturated rings. The van der Waals surface area contributed by atoms with Crippen LogP contribution in [0.2, 0.25) is 0 Å². The average molecular weight is 177 g/mol. The molecule has 0 amide bonds. The Balaban J connectivity index is 2.60. The second kappa shape index (κ2) is 3.11. The minimum Gasteiger partial charge on any atom is -0.748 e. The minimum absolute atomic E-state index is 0.123. The van der Waals surface area contributed by atoms with Gasteiger partial charge >= 0.3 is 0 Å². The molecule has 1 aliphatic carbocycles. The van der Waals surface area contributed by atoms with Crippen molar-refractivity contribution in [2.75, 3.05) is 0 Å². The minimum atomic E-state index is -4.04. The molecule has 0 spiro atoms. The van der Waals surface area contributed by atoms with E-state index in [0.29, 0.717) is 0 Å². The van der Waals surface area contributed by atoms with Crippen molar-refractivity contribution >= 4 is 10.1 Å². The van der Waals surface area contributed by atoms with Crippen molar-refractivity contribution in [3.63, 3.8) is 0 Å². The second-order valence-corrected chi connectivity index (χ2v) is 4.97. The van der Waals surface area contributed by atoms with Crippen LogP contribution in [0.1, 0.15) is 32.6 Å². The molecule has 1 rings (SSSR count). The fourth-order valence-electron chi connectivity index (χ4n) is 1.66. The summed E-state index contributed by atoms with van der Waals surface area (Å²) >= 11 is 0. The fraction of sp³-hybridized carbons (Fsp3) is 1.00. The van der Waals surface area contributed by atoms with Crippen LogP contribution in [0.5, 0.6) is 0 Å². The lowest BCUT2D eigenvalue weighted by Crippen LogP contribution is -2.24. The molecule has 0 saturated heterocycles. The summed E-state index contributed by atoms with van der Waals surface area (Å²) in [6.07, 6.45) is 3.96. The monoisotopic (exact) mass is 177 g/mol. The Labute approximate surface area is 67.6 Å². The molecule has 1 unspecified atom stereocenters. The zero-order chi connectivity index (χ0) is 8.48. The molecule has 11 heavy (non-hydrogen) atoms. The zero-order valence-corrected chi connectivity index (χ0v) is 7.43. The molecule has 1 aliphatic rings. The summed E-state index contributed by atoms with van der Waals surface area (Å²) < 4.78 is 31.7. The highest BCUT2D eigenvalue weighted by molar-refractivity contribution is 7.86. The smallest absolute Gasteiger partial charge is 0.0975 e. The van der Waals surface area contributed by atoms with Gasteiger partial charge < -0.3 is 4.55 Å². The van der Waals surface area contributed by atoms with Gasteiger partial charge in [-0.2, -0.15) is 0 Å². The lowest BCUT2D eigenvalue weighted by molar-refractivity contribution is 0.418. The maximum Gasteiger partial charge on any atom is 0.0975 e. The molecule has 0 aliphatic heterocycles. The van der Waals surface area contributed by atoms with Crippen molar-refractivity contribution in [1.82, 2.24) is 0 Å². The SMILES string of the molecule is CC(C1CCCC1)S(=O)(=O)[O-]. The van der Waals surface area contributed by atoms with E-state index in [9.17, 15) is 13.0 Å². The fourth-order valence-corrected chi connectivity index (χ4v) is 2.41. The van der Waals surface area contributed by atoms with Crippen molar-refractivity contribution in [2.24, 2.45) is 5.92 Å². The highest BCUT2D eigenvalue weighted by Gasteiger charge is 2.25. The average Bonchev–Trinajstić information content (AvgIpc) is 2.34. The topological polar surface area (TPSA) is 57.2 Å². The van der Waals surface area contributed by atoms with Gasteiger partial charge in [0.05, 0.1) is 10.1 Å². The quantitative estimate of drug-likeness (QED) is 0.594. The summed E-state index contributed by atoms with van der Waals surface area (Å²) in [5.41, 5.74) is 0. The van der Waals surface area contributed by atoms with Gasteiger partial charge in [0.15, 0.2) is 0 Å². The molecule has 1 atom stereocenters. The maximum atomic E-state index is 10.6. The van der Waals surface area contributed by atoms with E-state index in [1.165, 1.54) is 6.92 Å². The van der Waals surface area contributed by atoms with Crippen molar-refractivity contribution < 1.29 is 13.0 Å². The first-order chi connectivity index (χ1) is 5.02. The van der Waals surface area contributed by atoms with Gasteiger partial charge in [0.2, 0.25) is 0 Å². The third-order valence-electron chi connectivity index (χ3n) is 2.52. The Hall–Kier alpha value is -0.0900. The molecule has 0 bridgehead atoms. The van der Waals surface area contributed by atoms with E-state index >= 15 is 0 Å². The zero-order valence-electron chi connectivity index (χ0n) is 6.62. The summed E-state index contributed by atoms with van der Waals surface area (Å²) in [5.74, 6) is 0.123. The Kier molecular flexibility index (Phi) is 2.54. The molecule has 3 nitrogen and oxygen atoms in total. The van der Waals surface area contributed by atoms with Crippen LogP contribution in [0.25, 0.3) is 0 Å². The summed E-state index contributed by atoms with van der Waals surface area (Å²) in [7, 11) is -4.04. The second-order valence-electron chi connectivity index (χ2n) is 3.24. The van der Waals surface area contributed by atoms with Crippen molar-refractivity contribution in [3.05, 3.63) is 0 Å². The third kappa shape index (κ3) is 2.17. The van der Waals surface area contributed by atoms with E-state index in [1.807, 2.05) is 0 Å². The van der Waals surface area contributed by atoms with Crippen molar-refractivity contribution in [1.29, 1.82) is 0 Å². The molecular formula is C7H13O3S-. The lowest BCUT2D eigenvalue weighted by Gasteiger charge is -2.21. The number of hydrogen-bond donors (Lipinski definition) is 0. The van der Waals surface area contributed by atoms with Crippen LogP contribution >= 0.6 is 0 Å². The van der Waals surface area contributed by atoms with Crippen LogP contribution in [0.15, 0.2) is 0 Å². The standard InChI is InChI=1S/C7H14O3S/c1-6(11(8,9)10)7-4-2-3-5-7/h6-7H,2-5H2,1H3,(H,8,9,10)/p-1. The van der Waals surface area contributed by atoms with E-state index in [4.69, 9.17) is 0 Å². The number of rotatable bonds is 2. The van der Waals surface area contributed by atoms with Crippen LogP contribution in [-0.2, 0) is 10.1 Å². The molecule has 0 N–H and O–H groups in total. The molecule has 0 aromatic carbocycles. The Morgan fingerprint density at radius 1 is 1.36 bits per heavy atom. The van der Waals surface area contributed by atoms with Gasteiger partial charge in [-0.1, -0.05) is 12.8 Å². The molecule has 1 saturated carbocycles. The van der Waals surface area contributed by atoms with Crippen LogP contribution in [0.3, 0.4) is 0 Å². The first-order valence-corrected chi connectivity index (χ1v) is 5.43. The molecule has 0 heterocycles. The van der Waals surface area contributed by atoms with Gasteiger partial charge in [0.1, 0.15) is 0 Å². The third-order valence-corrected chi connectivity index (χ3v) is 3.81. The largest absolute Gasteiger partial charge is 0.748 e. The van der Waals surface area contributed by atoms with E-state index < -0.39 is 15.4 Å². The van der Waals surface area contributed by atoms with Gasteiger partial charge in [-0.05, 0) is 25.7 Å². The van der Waals surface area contributed by atoms with Gasteiger partial charge in [0, 0.05) is 5.25 Å². The summed E-state index contributed by atoms with van der Waals surface area (Å²) in [6, 6.07) is 0. The van der Waals surface area contributed by atoms with Crippen LogP contribution in [-0.4, -0.2) is 18.2 Å². The van der Waals surface area contributed by atoms with Crippen LogP contribution < -0.4 is 0 Å². The molecule has 4 heteroatoms. The van der Waals surface area contributed by atoms with Gasteiger partial charge in [-0.3, -0.25) is 0 Å². The van der Waals surface area contributed by atoms with Crippen molar-refractivity contribution in [2.45, 2.75) is 37.9 Å². The Morgan fingerprint density at radius 3 is 2.18 bits per heavy atom. The first-order valence-electron chi connectivity index (χ1n) is 3.96.